The first kappa shape index (κ1) is 17.6. The van der Waals surface area contributed by atoms with Gasteiger partial charge in [0.1, 0.15) is 0 Å². The third-order valence-corrected chi connectivity index (χ3v) is 6.51. The van der Waals surface area contributed by atoms with E-state index < -0.39 is 0 Å². The van der Waals surface area contributed by atoms with Crippen LogP contribution < -0.4 is 4.74 Å². The molecule has 0 heterocycles. The summed E-state index contributed by atoms with van der Waals surface area (Å²) in [5.74, 6) is 1.93. The summed E-state index contributed by atoms with van der Waals surface area (Å²) in [4.78, 5) is 10.2. The van der Waals surface area contributed by atoms with E-state index in [-0.39, 0.29) is 0 Å². The van der Waals surface area contributed by atoms with Crippen LogP contribution in [0.4, 0.5) is 0 Å². The van der Waals surface area contributed by atoms with Crippen LogP contribution >= 0.6 is 11.8 Å². The van der Waals surface area contributed by atoms with Gasteiger partial charge in [-0.25, -0.2) is 0 Å². The van der Waals surface area contributed by atoms with Crippen molar-refractivity contribution >= 4 is 33.0 Å². The average Bonchev–Trinajstić information content (AvgIpc) is 2.49. The third kappa shape index (κ3) is 8.64. The van der Waals surface area contributed by atoms with E-state index in [1.165, 1.54) is 10.2 Å². The molecule has 0 radical (unpaired) electrons. The fraction of sp³-hybridized carbons (Fsp3) is 0.533. The van der Waals surface area contributed by atoms with Crippen LogP contribution in [0, 0.1) is 0 Å². The molecule has 0 aliphatic rings. The summed E-state index contributed by atoms with van der Waals surface area (Å²) in [5, 5.41) is 1.07. The number of carbonyl (C=O) groups is 1. The molecule has 0 N–H and O–H groups in total. The second-order valence-electron chi connectivity index (χ2n) is 4.02. The topological polar surface area (TPSA) is 35.5 Å². The molecule has 0 atom stereocenters. The molecule has 0 aliphatic heterocycles. The number of thioether (sulfide) groups is 1. The molecule has 0 aliphatic carbocycles. The summed E-state index contributed by atoms with van der Waals surface area (Å²) in [6.45, 7) is 3.94. The minimum atomic E-state index is 0.591. The Bertz CT molecular complexity index is 357. The summed E-state index contributed by atoms with van der Waals surface area (Å²) in [6.07, 6.45) is 1.73. The second kappa shape index (κ2) is 12.3. The molecular weight excluding hydrogens is 339 g/mol. The van der Waals surface area contributed by atoms with Gasteiger partial charge in [0, 0.05) is 0 Å². The van der Waals surface area contributed by atoms with Gasteiger partial charge in [-0.15, -0.1) is 0 Å². The fourth-order valence-corrected chi connectivity index (χ4v) is 4.76. The molecule has 1 aromatic carbocycles. The standard InChI is InChI=1S/C15H22O3SSe/c1-2-17-9-10-18-15-6-4-14(5-7-15)12-19-13-20-11-3-8-16/h4-8H,2-3,9-13H2,1H3. The molecule has 0 unspecified atom stereocenters. The van der Waals surface area contributed by atoms with Crippen molar-refractivity contribution in [2.24, 2.45) is 0 Å². The van der Waals surface area contributed by atoms with Crippen LogP contribution in [-0.2, 0) is 15.3 Å². The SMILES string of the molecule is CCOCCOc1ccc(CSC[Se]CCC=O)cc1. The minimum absolute atomic E-state index is 0.591. The third-order valence-electron chi connectivity index (χ3n) is 2.44. The number of hydrogen-bond acceptors (Lipinski definition) is 4. The van der Waals surface area contributed by atoms with Gasteiger partial charge in [0.2, 0.25) is 0 Å². The maximum atomic E-state index is 10.2. The van der Waals surface area contributed by atoms with E-state index in [2.05, 4.69) is 12.1 Å². The summed E-state index contributed by atoms with van der Waals surface area (Å²) in [7, 11) is 0. The summed E-state index contributed by atoms with van der Waals surface area (Å²) in [5.41, 5.74) is 1.32. The number of aldehydes is 1. The first-order chi connectivity index (χ1) is 9.86. The molecule has 1 rings (SSSR count). The van der Waals surface area contributed by atoms with Crippen molar-refractivity contribution in [2.75, 3.05) is 24.5 Å². The molecule has 0 spiro atoms. The Morgan fingerprint density at radius 2 is 2.05 bits per heavy atom. The predicted molar refractivity (Wildman–Crippen MR) is 85.8 cm³/mol. The van der Waals surface area contributed by atoms with Crippen LogP contribution in [0.25, 0.3) is 0 Å². The van der Waals surface area contributed by atoms with Crippen LogP contribution in [0.15, 0.2) is 24.3 Å². The normalized spacial score (nSPS) is 10.4. The van der Waals surface area contributed by atoms with Crippen LogP contribution in [0.2, 0.25) is 5.32 Å². The van der Waals surface area contributed by atoms with Crippen molar-refractivity contribution in [3.05, 3.63) is 29.8 Å². The number of benzene rings is 1. The zero-order valence-corrected chi connectivity index (χ0v) is 14.4. The summed E-state index contributed by atoms with van der Waals surface area (Å²) < 4.78 is 12.0. The van der Waals surface area contributed by atoms with E-state index in [9.17, 15) is 4.79 Å². The molecule has 3 nitrogen and oxygen atoms in total. The van der Waals surface area contributed by atoms with Crippen molar-refractivity contribution in [2.45, 2.75) is 24.4 Å². The van der Waals surface area contributed by atoms with Crippen LogP contribution in [0.1, 0.15) is 18.9 Å². The first-order valence-electron chi connectivity index (χ1n) is 6.75. The number of carbonyl (C=O) groups excluding carboxylic acids is 1. The molecule has 0 saturated heterocycles. The van der Waals surface area contributed by atoms with Crippen molar-refractivity contribution in [3.8, 4) is 5.75 Å². The molecule has 112 valence electrons. The molecule has 0 bridgehead atoms. The predicted octanol–water partition coefficient (Wildman–Crippen LogP) is 3.00. The Morgan fingerprint density at radius 1 is 1.25 bits per heavy atom. The second-order valence-corrected chi connectivity index (χ2v) is 8.15. The van der Waals surface area contributed by atoms with E-state index in [1.807, 2.05) is 30.8 Å². The van der Waals surface area contributed by atoms with E-state index >= 15 is 0 Å². The summed E-state index contributed by atoms with van der Waals surface area (Å²) in [6, 6.07) is 8.25. The zero-order valence-electron chi connectivity index (χ0n) is 11.9. The van der Waals surface area contributed by atoms with E-state index in [0.717, 1.165) is 29.7 Å². The monoisotopic (exact) mass is 362 g/mol. The Hall–Kier alpha value is -0.481. The quantitative estimate of drug-likeness (QED) is 0.326. The van der Waals surface area contributed by atoms with Crippen molar-refractivity contribution in [1.82, 2.24) is 0 Å². The molecule has 0 fully saturated rings. The molecule has 0 aromatic heterocycles. The molecule has 0 saturated carbocycles. The fourth-order valence-electron chi connectivity index (χ4n) is 1.45. The van der Waals surface area contributed by atoms with Crippen LogP contribution in [0.5, 0.6) is 5.75 Å². The van der Waals surface area contributed by atoms with Crippen LogP contribution in [-0.4, -0.2) is 45.7 Å². The van der Waals surface area contributed by atoms with E-state index in [0.29, 0.717) is 34.6 Å². The van der Waals surface area contributed by atoms with Crippen molar-refractivity contribution in [3.63, 3.8) is 0 Å². The van der Waals surface area contributed by atoms with E-state index in [1.54, 1.807) is 0 Å². The Morgan fingerprint density at radius 3 is 2.75 bits per heavy atom. The molecule has 0 amide bonds. The van der Waals surface area contributed by atoms with Crippen LogP contribution in [0.3, 0.4) is 0 Å². The van der Waals surface area contributed by atoms with Gasteiger partial charge < -0.3 is 0 Å². The number of rotatable bonds is 12. The maximum absolute atomic E-state index is 10.2. The van der Waals surface area contributed by atoms with Gasteiger partial charge in [0.05, 0.1) is 0 Å². The van der Waals surface area contributed by atoms with Crippen molar-refractivity contribution in [1.29, 1.82) is 0 Å². The zero-order chi connectivity index (χ0) is 14.5. The Balaban J connectivity index is 2.13. The van der Waals surface area contributed by atoms with Gasteiger partial charge in [0.25, 0.3) is 0 Å². The van der Waals surface area contributed by atoms with Gasteiger partial charge >= 0.3 is 125 Å². The van der Waals surface area contributed by atoms with Gasteiger partial charge in [-0.05, 0) is 6.92 Å². The van der Waals surface area contributed by atoms with Gasteiger partial charge in [-0.2, -0.15) is 0 Å². The van der Waals surface area contributed by atoms with E-state index in [4.69, 9.17) is 9.47 Å². The summed E-state index contributed by atoms with van der Waals surface area (Å²) >= 11 is 2.53. The molecule has 1 aromatic rings. The first-order valence-corrected chi connectivity index (χ1v) is 10.3. The molecule has 5 heteroatoms. The number of hydrogen-bond donors (Lipinski definition) is 0. The Kier molecular flexibility index (Phi) is 10.8. The average molecular weight is 361 g/mol. The Labute approximate surface area is 132 Å². The molecular formula is C15H22O3SSe. The molecule has 20 heavy (non-hydrogen) atoms. The van der Waals surface area contributed by atoms with Gasteiger partial charge in [0.15, 0.2) is 0 Å². The van der Waals surface area contributed by atoms with Crippen molar-refractivity contribution < 1.29 is 14.3 Å². The van der Waals surface area contributed by atoms with Gasteiger partial charge in [-0.3, -0.25) is 0 Å². The number of ether oxygens (including phenoxy) is 2. The van der Waals surface area contributed by atoms with Gasteiger partial charge in [-0.1, -0.05) is 0 Å².